The molecule has 4 saturated carbocycles. The first-order valence-corrected chi connectivity index (χ1v) is 10.00. The van der Waals surface area contributed by atoms with Gasteiger partial charge in [0.25, 0.3) is 0 Å². The summed E-state index contributed by atoms with van der Waals surface area (Å²) in [6.07, 6.45) is 5.61. The summed E-state index contributed by atoms with van der Waals surface area (Å²) in [6.45, 7) is 0.821. The third-order valence-electron chi connectivity index (χ3n) is 5.95. The summed E-state index contributed by atoms with van der Waals surface area (Å²) in [7, 11) is 0. The van der Waals surface area contributed by atoms with E-state index in [1.165, 1.54) is 22.0 Å². The number of hydrogen-bond donors (Lipinski definition) is 3. The Hall–Kier alpha value is 0.150. The van der Waals surface area contributed by atoms with E-state index >= 15 is 0 Å². The Kier molecular flexibility index (Phi) is 3.99. The van der Waals surface area contributed by atoms with Crippen LogP contribution in [-0.2, 0) is 6.54 Å². The summed E-state index contributed by atoms with van der Waals surface area (Å²) in [5, 5.41) is 14.4. The second-order valence-electron chi connectivity index (χ2n) is 7.56. The largest absolute Gasteiger partial charge is 0.398 e. The van der Waals surface area contributed by atoms with Crippen molar-refractivity contribution < 1.29 is 5.11 Å². The topological polar surface area (TPSA) is 58.3 Å². The number of benzene rings is 1. The van der Waals surface area contributed by atoms with Crippen LogP contribution in [0.5, 0.6) is 0 Å². The van der Waals surface area contributed by atoms with Crippen molar-refractivity contribution in [1.82, 2.24) is 5.32 Å². The molecular weight excluding hydrogens is 455 g/mol. The molecule has 0 spiro atoms. The molecule has 5 heteroatoms. The molecular formula is C17H22BrIN2O. The first-order chi connectivity index (χ1) is 10.4. The van der Waals surface area contributed by atoms with Crippen molar-refractivity contribution in [3.05, 3.63) is 25.7 Å². The van der Waals surface area contributed by atoms with Gasteiger partial charge in [-0.25, -0.2) is 0 Å². The molecule has 0 saturated heterocycles. The molecule has 3 nitrogen and oxygen atoms in total. The quantitative estimate of drug-likeness (QED) is 0.460. The standard InChI is InChI=1S/C17H22BrIN2O/c18-14-4-13(19)3-12(15(14)20)8-21-16-10-1-9-2-11(16)7-17(22,5-9)6-10/h3-4,9-11,16,21-22H,1-2,5-8,20H2. The maximum atomic E-state index is 10.7. The van der Waals surface area contributed by atoms with E-state index in [1.807, 2.05) is 0 Å². The molecule has 0 heterocycles. The number of anilines is 1. The van der Waals surface area contributed by atoms with Crippen molar-refractivity contribution in [3.8, 4) is 0 Å². The highest BCUT2D eigenvalue weighted by Gasteiger charge is 2.54. The molecule has 4 aliphatic carbocycles. The lowest BCUT2D eigenvalue weighted by Crippen LogP contribution is -2.60. The molecule has 120 valence electrons. The summed E-state index contributed by atoms with van der Waals surface area (Å²) in [5.41, 5.74) is 7.87. The third-order valence-corrected chi connectivity index (χ3v) is 7.23. The van der Waals surface area contributed by atoms with E-state index < -0.39 is 0 Å². The summed E-state index contributed by atoms with van der Waals surface area (Å²) in [5.74, 6) is 2.05. The maximum absolute atomic E-state index is 10.7. The van der Waals surface area contributed by atoms with E-state index in [2.05, 4.69) is 56.0 Å². The summed E-state index contributed by atoms with van der Waals surface area (Å²) < 4.78 is 2.19. The molecule has 1 aromatic carbocycles. The molecule has 22 heavy (non-hydrogen) atoms. The number of halogens is 2. The van der Waals surface area contributed by atoms with Crippen LogP contribution < -0.4 is 11.1 Å². The normalized spacial score (nSPS) is 39.4. The minimum Gasteiger partial charge on any atom is -0.398 e. The SMILES string of the molecule is Nc1c(Br)cc(I)cc1CNC1C2CC3CC1CC(O)(C3)C2. The maximum Gasteiger partial charge on any atom is 0.0657 e. The van der Waals surface area contributed by atoms with Gasteiger partial charge in [0.1, 0.15) is 0 Å². The first kappa shape index (κ1) is 15.7. The Balaban J connectivity index is 1.49. The van der Waals surface area contributed by atoms with E-state index in [9.17, 15) is 5.11 Å². The average Bonchev–Trinajstić information content (AvgIpc) is 2.41. The smallest absolute Gasteiger partial charge is 0.0657 e. The van der Waals surface area contributed by atoms with E-state index in [-0.39, 0.29) is 5.60 Å². The van der Waals surface area contributed by atoms with E-state index in [0.29, 0.717) is 17.9 Å². The van der Waals surface area contributed by atoms with Crippen molar-refractivity contribution in [1.29, 1.82) is 0 Å². The zero-order chi connectivity index (χ0) is 15.5. The number of aliphatic hydroxyl groups is 1. The number of nitrogens with two attached hydrogens (primary N) is 1. The van der Waals surface area contributed by atoms with Gasteiger partial charge >= 0.3 is 0 Å². The van der Waals surface area contributed by atoms with Crippen molar-refractivity contribution >= 4 is 44.2 Å². The Bertz CT molecular complexity index is 593. The Labute approximate surface area is 153 Å². The van der Waals surface area contributed by atoms with E-state index in [4.69, 9.17) is 5.73 Å². The van der Waals surface area contributed by atoms with Crippen LogP contribution in [-0.4, -0.2) is 16.7 Å². The highest BCUT2D eigenvalue weighted by atomic mass is 127. The van der Waals surface area contributed by atoms with Crippen LogP contribution in [0.2, 0.25) is 0 Å². The van der Waals surface area contributed by atoms with Gasteiger partial charge in [0.2, 0.25) is 0 Å². The van der Waals surface area contributed by atoms with Gasteiger partial charge in [0, 0.05) is 20.6 Å². The fraction of sp³-hybridized carbons (Fsp3) is 0.647. The number of nitrogen functional groups attached to an aromatic ring is 1. The fourth-order valence-electron chi connectivity index (χ4n) is 5.33. The molecule has 4 bridgehead atoms. The summed E-state index contributed by atoms with van der Waals surface area (Å²) >= 11 is 5.87. The highest BCUT2D eigenvalue weighted by Crippen LogP contribution is 2.55. The lowest BCUT2D eigenvalue weighted by Gasteiger charge is -2.58. The average molecular weight is 477 g/mol. The van der Waals surface area contributed by atoms with Crippen LogP contribution in [0.25, 0.3) is 0 Å². The molecule has 4 aliphatic rings. The molecule has 4 N–H and O–H groups in total. The minimum absolute atomic E-state index is 0.348. The van der Waals surface area contributed by atoms with Gasteiger partial charge < -0.3 is 16.2 Å². The second-order valence-corrected chi connectivity index (χ2v) is 9.66. The third kappa shape index (κ3) is 2.72. The lowest BCUT2D eigenvalue weighted by atomic mass is 9.52. The van der Waals surface area contributed by atoms with Gasteiger partial charge in [-0.2, -0.15) is 0 Å². The van der Waals surface area contributed by atoms with Gasteiger partial charge in [-0.05, 0) is 106 Å². The lowest BCUT2D eigenvalue weighted by molar-refractivity contribution is -0.138. The highest BCUT2D eigenvalue weighted by molar-refractivity contribution is 14.1. The molecule has 2 atom stereocenters. The zero-order valence-electron chi connectivity index (χ0n) is 12.5. The predicted octanol–water partition coefficient (Wildman–Crippen LogP) is 3.67. The van der Waals surface area contributed by atoms with Crippen LogP contribution >= 0.6 is 38.5 Å². The second kappa shape index (κ2) is 5.60. The van der Waals surface area contributed by atoms with Gasteiger partial charge in [-0.1, -0.05) is 0 Å². The Morgan fingerprint density at radius 1 is 1.27 bits per heavy atom. The van der Waals surface area contributed by atoms with Crippen LogP contribution in [0.4, 0.5) is 5.69 Å². The first-order valence-electron chi connectivity index (χ1n) is 8.13. The molecule has 0 amide bonds. The Morgan fingerprint density at radius 3 is 2.59 bits per heavy atom. The fourth-order valence-corrected chi connectivity index (χ4v) is 6.94. The van der Waals surface area contributed by atoms with Crippen LogP contribution in [0.1, 0.15) is 37.7 Å². The van der Waals surface area contributed by atoms with Crippen LogP contribution in [0.3, 0.4) is 0 Å². The van der Waals surface area contributed by atoms with Gasteiger partial charge in [0.05, 0.1) is 11.3 Å². The van der Waals surface area contributed by atoms with Crippen LogP contribution in [0, 0.1) is 21.3 Å². The van der Waals surface area contributed by atoms with Crippen molar-refractivity contribution in [2.75, 3.05) is 5.73 Å². The van der Waals surface area contributed by atoms with E-state index in [1.54, 1.807) is 0 Å². The number of hydrogen-bond acceptors (Lipinski definition) is 3. The summed E-state index contributed by atoms with van der Waals surface area (Å²) in [4.78, 5) is 0. The van der Waals surface area contributed by atoms with Crippen molar-refractivity contribution in [2.45, 2.75) is 50.3 Å². The molecule has 0 aliphatic heterocycles. The van der Waals surface area contributed by atoms with Gasteiger partial charge in [-0.3, -0.25) is 0 Å². The van der Waals surface area contributed by atoms with Gasteiger partial charge in [-0.15, -0.1) is 0 Å². The summed E-state index contributed by atoms with van der Waals surface area (Å²) in [6, 6.07) is 4.77. The van der Waals surface area contributed by atoms with E-state index in [0.717, 1.165) is 41.9 Å². The van der Waals surface area contributed by atoms with Crippen molar-refractivity contribution in [3.63, 3.8) is 0 Å². The molecule has 0 radical (unpaired) electrons. The number of nitrogens with one attached hydrogen (secondary N) is 1. The molecule has 2 unspecified atom stereocenters. The zero-order valence-corrected chi connectivity index (χ0v) is 16.2. The molecule has 4 fully saturated rings. The predicted molar refractivity (Wildman–Crippen MR) is 100 cm³/mol. The minimum atomic E-state index is -0.348. The van der Waals surface area contributed by atoms with Crippen LogP contribution in [0.15, 0.2) is 16.6 Å². The molecule has 1 aromatic rings. The number of rotatable bonds is 3. The monoisotopic (exact) mass is 476 g/mol. The molecule has 5 rings (SSSR count). The van der Waals surface area contributed by atoms with Gasteiger partial charge in [0.15, 0.2) is 0 Å². The Morgan fingerprint density at radius 2 is 1.95 bits per heavy atom. The van der Waals surface area contributed by atoms with Crippen molar-refractivity contribution in [2.24, 2.45) is 17.8 Å². The molecule has 0 aromatic heterocycles.